The summed E-state index contributed by atoms with van der Waals surface area (Å²) >= 11 is 0. The van der Waals surface area contributed by atoms with Crippen molar-refractivity contribution >= 4 is 21.7 Å². The fourth-order valence-electron chi connectivity index (χ4n) is 2.95. The summed E-state index contributed by atoms with van der Waals surface area (Å²) < 4.78 is 74.2. The highest BCUT2D eigenvalue weighted by molar-refractivity contribution is 7.89. The number of primary sulfonamides is 1. The Kier molecular flexibility index (Phi) is 5.57. The van der Waals surface area contributed by atoms with Crippen molar-refractivity contribution < 1.29 is 30.8 Å². The Morgan fingerprint density at radius 3 is 2.56 bits per heavy atom. The number of nitrogens with two attached hydrogens (primary N) is 1. The van der Waals surface area contributed by atoms with E-state index in [-0.39, 0.29) is 11.7 Å². The smallest absolute Gasteiger partial charge is 0.335 e. The summed E-state index contributed by atoms with van der Waals surface area (Å²) in [5.41, 5.74) is -2.24. The number of rotatable bonds is 4. The molecule has 1 fully saturated rings. The van der Waals surface area contributed by atoms with E-state index in [1.807, 2.05) is 5.32 Å². The average molecular weight is 383 g/mol. The molecule has 0 spiro atoms. The van der Waals surface area contributed by atoms with Crippen LogP contribution in [0.4, 0.5) is 28.0 Å². The molecule has 0 radical (unpaired) electrons. The number of benzene rings is 1. The van der Waals surface area contributed by atoms with E-state index in [1.165, 1.54) is 0 Å². The SMILES string of the molecule is NS(=O)(=O)C[C@@H]1CC[C@H](NC(=O)Nc2cccc(F)c2C(F)(F)F)C1. The van der Waals surface area contributed by atoms with Crippen LogP contribution >= 0.6 is 0 Å². The first-order valence-corrected chi connectivity index (χ1v) is 9.11. The Bertz CT molecular complexity index is 752. The van der Waals surface area contributed by atoms with Crippen LogP contribution in [0.25, 0.3) is 0 Å². The van der Waals surface area contributed by atoms with E-state index in [1.54, 1.807) is 0 Å². The summed E-state index contributed by atoms with van der Waals surface area (Å²) in [6.07, 6.45) is -3.61. The van der Waals surface area contributed by atoms with Gasteiger partial charge < -0.3 is 10.6 Å². The summed E-state index contributed by atoms with van der Waals surface area (Å²) in [4.78, 5) is 11.9. The maximum atomic E-state index is 13.4. The number of nitrogens with one attached hydrogen (secondary N) is 2. The van der Waals surface area contributed by atoms with Gasteiger partial charge in [-0.15, -0.1) is 0 Å². The predicted octanol–water partition coefficient (Wildman–Crippen LogP) is 2.42. The van der Waals surface area contributed by atoms with E-state index >= 15 is 0 Å². The fraction of sp³-hybridized carbons (Fsp3) is 0.500. The summed E-state index contributed by atoms with van der Waals surface area (Å²) in [7, 11) is -3.63. The lowest BCUT2D eigenvalue weighted by Crippen LogP contribution is -2.37. The maximum absolute atomic E-state index is 13.4. The Hall–Kier alpha value is -1.88. The molecule has 4 N–H and O–H groups in total. The van der Waals surface area contributed by atoms with Crippen LogP contribution in [0.15, 0.2) is 18.2 Å². The van der Waals surface area contributed by atoms with Crippen molar-refractivity contribution in [2.75, 3.05) is 11.1 Å². The maximum Gasteiger partial charge on any atom is 0.421 e. The van der Waals surface area contributed by atoms with Crippen LogP contribution in [-0.2, 0) is 16.2 Å². The number of anilines is 1. The molecule has 1 aromatic rings. The van der Waals surface area contributed by atoms with E-state index in [0.717, 1.165) is 12.1 Å². The second-order valence-electron chi connectivity index (χ2n) is 5.96. The minimum Gasteiger partial charge on any atom is -0.335 e. The van der Waals surface area contributed by atoms with Crippen LogP contribution < -0.4 is 15.8 Å². The zero-order valence-corrected chi connectivity index (χ0v) is 13.8. The van der Waals surface area contributed by atoms with Crippen molar-refractivity contribution in [2.45, 2.75) is 31.5 Å². The third kappa shape index (κ3) is 5.56. The second kappa shape index (κ2) is 7.16. The molecule has 140 valence electrons. The third-order valence-corrected chi connectivity index (χ3v) is 4.83. The summed E-state index contributed by atoms with van der Waals surface area (Å²) in [6, 6.07) is 1.34. The molecule has 0 aromatic heterocycles. The van der Waals surface area contributed by atoms with Crippen molar-refractivity contribution in [1.29, 1.82) is 0 Å². The molecule has 0 heterocycles. The van der Waals surface area contributed by atoms with Crippen LogP contribution in [-0.4, -0.2) is 26.2 Å². The van der Waals surface area contributed by atoms with Gasteiger partial charge >= 0.3 is 12.2 Å². The zero-order valence-electron chi connectivity index (χ0n) is 12.9. The first-order valence-electron chi connectivity index (χ1n) is 7.39. The number of carbonyl (C=O) groups excluding carboxylic acids is 1. The normalized spacial score (nSPS) is 21.2. The Morgan fingerprint density at radius 2 is 1.96 bits per heavy atom. The number of halogens is 4. The highest BCUT2D eigenvalue weighted by Gasteiger charge is 2.37. The number of urea groups is 1. The molecule has 11 heteroatoms. The molecule has 0 aliphatic heterocycles. The quantitative estimate of drug-likeness (QED) is 0.696. The monoisotopic (exact) mass is 383 g/mol. The molecular weight excluding hydrogens is 366 g/mol. The molecule has 1 aliphatic carbocycles. The van der Waals surface area contributed by atoms with Crippen LogP contribution in [0, 0.1) is 11.7 Å². The van der Waals surface area contributed by atoms with Crippen molar-refractivity contribution in [3.05, 3.63) is 29.6 Å². The molecule has 2 amide bonds. The highest BCUT2D eigenvalue weighted by atomic mass is 32.2. The van der Waals surface area contributed by atoms with E-state index < -0.39 is 45.3 Å². The number of carbonyl (C=O) groups is 1. The lowest BCUT2D eigenvalue weighted by molar-refractivity contribution is -0.139. The zero-order chi connectivity index (χ0) is 18.8. The molecule has 0 bridgehead atoms. The molecule has 2 rings (SSSR count). The number of hydrogen-bond acceptors (Lipinski definition) is 3. The number of hydrogen-bond donors (Lipinski definition) is 3. The van der Waals surface area contributed by atoms with Gasteiger partial charge in [-0.3, -0.25) is 0 Å². The van der Waals surface area contributed by atoms with Gasteiger partial charge in [0.15, 0.2) is 0 Å². The average Bonchev–Trinajstić information content (AvgIpc) is 2.81. The molecular formula is C14H17F4N3O3S. The molecule has 25 heavy (non-hydrogen) atoms. The van der Waals surface area contributed by atoms with Crippen LogP contribution in [0.5, 0.6) is 0 Å². The molecule has 2 atom stereocenters. The van der Waals surface area contributed by atoms with Gasteiger partial charge in [0.05, 0.1) is 11.4 Å². The lowest BCUT2D eigenvalue weighted by Gasteiger charge is -2.17. The van der Waals surface area contributed by atoms with E-state index in [9.17, 15) is 30.8 Å². The van der Waals surface area contributed by atoms with Gasteiger partial charge in [0.25, 0.3) is 0 Å². The lowest BCUT2D eigenvalue weighted by atomic mass is 10.1. The molecule has 0 unspecified atom stereocenters. The minimum absolute atomic E-state index is 0.213. The van der Waals surface area contributed by atoms with Gasteiger partial charge in [-0.1, -0.05) is 6.07 Å². The predicted molar refractivity (Wildman–Crippen MR) is 82.7 cm³/mol. The molecule has 1 aliphatic rings. The van der Waals surface area contributed by atoms with Gasteiger partial charge in [-0.2, -0.15) is 13.2 Å². The summed E-state index contributed by atoms with van der Waals surface area (Å²) in [5.74, 6) is -1.92. The van der Waals surface area contributed by atoms with Crippen LogP contribution in [0.3, 0.4) is 0 Å². The molecule has 0 saturated heterocycles. The Morgan fingerprint density at radius 1 is 1.28 bits per heavy atom. The molecule has 1 aromatic carbocycles. The van der Waals surface area contributed by atoms with Crippen LogP contribution in [0.2, 0.25) is 0 Å². The number of amides is 2. The van der Waals surface area contributed by atoms with E-state index in [0.29, 0.717) is 25.3 Å². The molecule has 6 nitrogen and oxygen atoms in total. The second-order valence-corrected chi connectivity index (χ2v) is 7.62. The topological polar surface area (TPSA) is 101 Å². The largest absolute Gasteiger partial charge is 0.421 e. The van der Waals surface area contributed by atoms with Crippen LogP contribution in [0.1, 0.15) is 24.8 Å². The van der Waals surface area contributed by atoms with E-state index in [2.05, 4.69) is 5.32 Å². The Balaban J connectivity index is 1.99. The number of alkyl halides is 3. The highest BCUT2D eigenvalue weighted by Crippen LogP contribution is 2.36. The third-order valence-electron chi connectivity index (χ3n) is 3.89. The van der Waals surface area contributed by atoms with Crippen molar-refractivity contribution in [1.82, 2.24) is 5.32 Å². The number of sulfonamides is 1. The van der Waals surface area contributed by atoms with Gasteiger partial charge in [0, 0.05) is 6.04 Å². The van der Waals surface area contributed by atoms with Gasteiger partial charge in [0.2, 0.25) is 10.0 Å². The summed E-state index contributed by atoms with van der Waals surface area (Å²) in [6.45, 7) is 0. The van der Waals surface area contributed by atoms with Gasteiger partial charge in [-0.25, -0.2) is 22.7 Å². The standard InChI is InChI=1S/C14H17F4N3O3S/c15-10-2-1-3-11(12(10)14(16,17)18)21-13(22)20-9-5-4-8(6-9)7-25(19,23)24/h1-3,8-9H,4-7H2,(H2,19,23,24)(H2,20,21,22)/t8-,9+/m1/s1. The minimum atomic E-state index is -4.96. The van der Waals surface area contributed by atoms with Crippen molar-refractivity contribution in [2.24, 2.45) is 11.1 Å². The van der Waals surface area contributed by atoms with Crippen molar-refractivity contribution in [3.63, 3.8) is 0 Å². The first kappa shape index (κ1) is 19.4. The van der Waals surface area contributed by atoms with Crippen molar-refractivity contribution in [3.8, 4) is 0 Å². The van der Waals surface area contributed by atoms with Gasteiger partial charge in [-0.05, 0) is 37.3 Å². The molecule has 1 saturated carbocycles. The summed E-state index contributed by atoms with van der Waals surface area (Å²) in [5, 5.41) is 9.43. The fourth-order valence-corrected chi connectivity index (χ4v) is 3.91. The Labute approximate surface area is 141 Å². The van der Waals surface area contributed by atoms with Gasteiger partial charge in [0.1, 0.15) is 11.4 Å². The van der Waals surface area contributed by atoms with E-state index in [4.69, 9.17) is 5.14 Å². The first-order chi connectivity index (χ1) is 11.5.